The van der Waals surface area contributed by atoms with Crippen LogP contribution in [0.15, 0.2) is 58.5 Å². The predicted octanol–water partition coefficient (Wildman–Crippen LogP) is 1.36. The van der Waals surface area contributed by atoms with Crippen LogP contribution >= 0.6 is 0 Å². The molecule has 0 atom stereocenters. The number of guanidine groups is 2. The van der Waals surface area contributed by atoms with E-state index in [0.717, 1.165) is 5.56 Å². The lowest BCUT2D eigenvalue weighted by Crippen LogP contribution is -2.26. The summed E-state index contributed by atoms with van der Waals surface area (Å²) in [4.78, 5) is 7.68. The SMILES string of the molecule is N#Cc1ccc(N=C(N)N=C(N)N)cc1OCc1ccccc1. The van der Waals surface area contributed by atoms with Crippen LogP contribution in [-0.2, 0) is 6.61 Å². The summed E-state index contributed by atoms with van der Waals surface area (Å²) in [7, 11) is 0. The third kappa shape index (κ3) is 4.75. The second-order valence-corrected chi connectivity index (χ2v) is 4.57. The molecular formula is C16H16N6O. The van der Waals surface area contributed by atoms with Gasteiger partial charge in [-0.1, -0.05) is 30.3 Å². The molecule has 7 nitrogen and oxygen atoms in total. The number of benzene rings is 2. The van der Waals surface area contributed by atoms with Crippen molar-refractivity contribution in [3.63, 3.8) is 0 Å². The Morgan fingerprint density at radius 3 is 2.48 bits per heavy atom. The Hall–Kier alpha value is -3.53. The first-order valence-electron chi connectivity index (χ1n) is 6.73. The fourth-order valence-corrected chi connectivity index (χ4v) is 1.82. The fourth-order valence-electron chi connectivity index (χ4n) is 1.82. The zero-order valence-electron chi connectivity index (χ0n) is 12.3. The van der Waals surface area contributed by atoms with Crippen molar-refractivity contribution in [1.29, 1.82) is 5.26 Å². The summed E-state index contributed by atoms with van der Waals surface area (Å²) in [5, 5.41) is 9.16. The molecule has 0 saturated carbocycles. The van der Waals surface area contributed by atoms with E-state index in [1.54, 1.807) is 18.2 Å². The minimum absolute atomic E-state index is 0.0799. The Labute approximate surface area is 133 Å². The van der Waals surface area contributed by atoms with Gasteiger partial charge < -0.3 is 21.9 Å². The van der Waals surface area contributed by atoms with Gasteiger partial charge in [-0.15, -0.1) is 0 Å². The molecule has 7 heteroatoms. The smallest absolute Gasteiger partial charge is 0.223 e. The summed E-state index contributed by atoms with van der Waals surface area (Å²) >= 11 is 0. The molecule has 0 saturated heterocycles. The summed E-state index contributed by atoms with van der Waals surface area (Å²) in [6, 6.07) is 16.5. The van der Waals surface area contributed by atoms with Crippen LogP contribution in [0.4, 0.5) is 5.69 Å². The molecule has 0 aliphatic rings. The second kappa shape index (κ2) is 7.47. The maximum atomic E-state index is 9.16. The number of hydrogen-bond donors (Lipinski definition) is 3. The molecule has 0 aromatic heterocycles. The fraction of sp³-hybridized carbons (Fsp3) is 0.0625. The van der Waals surface area contributed by atoms with Crippen LogP contribution in [-0.4, -0.2) is 11.9 Å². The van der Waals surface area contributed by atoms with Crippen LogP contribution in [0.25, 0.3) is 0 Å². The molecule has 23 heavy (non-hydrogen) atoms. The lowest BCUT2D eigenvalue weighted by atomic mass is 10.2. The van der Waals surface area contributed by atoms with Crippen molar-refractivity contribution in [3.05, 3.63) is 59.7 Å². The Balaban J connectivity index is 2.22. The van der Waals surface area contributed by atoms with E-state index < -0.39 is 0 Å². The van der Waals surface area contributed by atoms with E-state index in [1.807, 2.05) is 30.3 Å². The van der Waals surface area contributed by atoms with Gasteiger partial charge in [0.05, 0.1) is 11.3 Å². The molecule has 0 unspecified atom stereocenters. The van der Waals surface area contributed by atoms with Gasteiger partial charge in [0.25, 0.3) is 0 Å². The van der Waals surface area contributed by atoms with Crippen molar-refractivity contribution in [3.8, 4) is 11.8 Å². The van der Waals surface area contributed by atoms with Gasteiger partial charge in [-0.05, 0) is 17.7 Å². The number of rotatable bonds is 4. The molecule has 0 aliphatic carbocycles. The zero-order chi connectivity index (χ0) is 16.7. The lowest BCUT2D eigenvalue weighted by Gasteiger charge is -2.08. The highest BCUT2D eigenvalue weighted by molar-refractivity contribution is 5.93. The zero-order valence-corrected chi connectivity index (χ0v) is 12.3. The first-order valence-corrected chi connectivity index (χ1v) is 6.73. The number of hydrogen-bond acceptors (Lipinski definition) is 3. The Morgan fingerprint density at radius 1 is 1.09 bits per heavy atom. The molecule has 6 N–H and O–H groups in total. The second-order valence-electron chi connectivity index (χ2n) is 4.57. The van der Waals surface area contributed by atoms with Gasteiger partial charge in [-0.3, -0.25) is 0 Å². The molecule has 0 heterocycles. The summed E-state index contributed by atoms with van der Waals surface area (Å²) in [6.07, 6.45) is 0. The first-order chi connectivity index (χ1) is 11.1. The highest BCUT2D eigenvalue weighted by Gasteiger charge is 2.06. The highest BCUT2D eigenvalue weighted by Crippen LogP contribution is 2.25. The predicted molar refractivity (Wildman–Crippen MR) is 89.0 cm³/mol. The standard InChI is InChI=1S/C16H16N6O/c17-9-12-6-7-13(21-16(20)22-15(18)19)8-14(12)23-10-11-4-2-1-3-5-11/h1-8H,10H2,(H6,18,19,20,21,22). The average molecular weight is 308 g/mol. The van der Waals surface area contributed by atoms with Crippen LogP contribution in [0.3, 0.4) is 0 Å². The van der Waals surface area contributed by atoms with Crippen molar-refractivity contribution in [2.75, 3.05) is 0 Å². The van der Waals surface area contributed by atoms with Gasteiger partial charge in [0.1, 0.15) is 18.4 Å². The normalized spacial score (nSPS) is 10.7. The third-order valence-corrected chi connectivity index (χ3v) is 2.81. The Kier molecular flexibility index (Phi) is 5.15. The molecule has 0 aliphatic heterocycles. The molecule has 0 amide bonds. The Morgan fingerprint density at radius 2 is 1.83 bits per heavy atom. The van der Waals surface area contributed by atoms with E-state index in [4.69, 9.17) is 27.2 Å². The van der Waals surface area contributed by atoms with Crippen LogP contribution in [0.1, 0.15) is 11.1 Å². The average Bonchev–Trinajstić information content (AvgIpc) is 2.53. The van der Waals surface area contributed by atoms with Gasteiger partial charge in [0.15, 0.2) is 5.96 Å². The maximum absolute atomic E-state index is 9.16. The van der Waals surface area contributed by atoms with Gasteiger partial charge in [-0.25, -0.2) is 4.99 Å². The maximum Gasteiger partial charge on any atom is 0.223 e. The molecule has 0 fully saturated rings. The van der Waals surface area contributed by atoms with Crippen molar-refractivity contribution >= 4 is 17.6 Å². The van der Waals surface area contributed by atoms with E-state index in [0.29, 0.717) is 23.6 Å². The highest BCUT2D eigenvalue weighted by atomic mass is 16.5. The van der Waals surface area contributed by atoms with Crippen molar-refractivity contribution < 1.29 is 4.74 Å². The summed E-state index contributed by atoms with van der Waals surface area (Å²) in [6.45, 7) is 0.339. The number of aliphatic imine (C=N–C) groups is 2. The molecule has 0 spiro atoms. The minimum atomic E-state index is -0.180. The number of nitrogens with zero attached hydrogens (tertiary/aromatic N) is 3. The monoisotopic (exact) mass is 308 g/mol. The molecule has 0 bridgehead atoms. The van der Waals surface area contributed by atoms with Gasteiger partial charge in [0.2, 0.25) is 5.96 Å². The van der Waals surface area contributed by atoms with Gasteiger partial charge in [0, 0.05) is 6.07 Å². The summed E-state index contributed by atoms with van der Waals surface area (Å²) < 4.78 is 5.70. The van der Waals surface area contributed by atoms with Crippen molar-refractivity contribution in [2.24, 2.45) is 27.2 Å². The number of nitriles is 1. The van der Waals surface area contributed by atoms with E-state index in [-0.39, 0.29) is 11.9 Å². The molecule has 2 rings (SSSR count). The minimum Gasteiger partial charge on any atom is -0.487 e. The van der Waals surface area contributed by atoms with Gasteiger partial charge in [-0.2, -0.15) is 10.3 Å². The largest absolute Gasteiger partial charge is 0.487 e. The van der Waals surface area contributed by atoms with E-state index >= 15 is 0 Å². The topological polar surface area (TPSA) is 136 Å². The van der Waals surface area contributed by atoms with Crippen LogP contribution in [0.5, 0.6) is 5.75 Å². The van der Waals surface area contributed by atoms with Crippen LogP contribution < -0.4 is 21.9 Å². The summed E-state index contributed by atoms with van der Waals surface area (Å²) in [5.74, 6) is 0.152. The summed E-state index contributed by atoms with van der Waals surface area (Å²) in [5.41, 5.74) is 17.9. The molecule has 0 radical (unpaired) electrons. The molecule has 2 aromatic rings. The van der Waals surface area contributed by atoms with Crippen molar-refractivity contribution in [2.45, 2.75) is 6.61 Å². The molecular weight excluding hydrogens is 292 g/mol. The first kappa shape index (κ1) is 15.9. The number of nitrogens with two attached hydrogens (primary N) is 3. The lowest BCUT2D eigenvalue weighted by molar-refractivity contribution is 0.305. The van der Waals surface area contributed by atoms with Gasteiger partial charge >= 0.3 is 0 Å². The van der Waals surface area contributed by atoms with E-state index in [2.05, 4.69) is 16.1 Å². The van der Waals surface area contributed by atoms with Crippen LogP contribution in [0, 0.1) is 11.3 Å². The Bertz CT molecular complexity index is 773. The third-order valence-electron chi connectivity index (χ3n) is 2.81. The molecule has 2 aromatic carbocycles. The van der Waals surface area contributed by atoms with E-state index in [1.165, 1.54) is 0 Å². The van der Waals surface area contributed by atoms with E-state index in [9.17, 15) is 0 Å². The quantitative estimate of drug-likeness (QED) is 0.578. The molecule has 116 valence electrons. The van der Waals surface area contributed by atoms with Crippen molar-refractivity contribution in [1.82, 2.24) is 0 Å². The van der Waals surface area contributed by atoms with Crippen LogP contribution in [0.2, 0.25) is 0 Å². The number of ether oxygens (including phenoxy) is 1.